The van der Waals surface area contributed by atoms with Crippen molar-refractivity contribution in [3.8, 4) is 0 Å². The van der Waals surface area contributed by atoms with Gasteiger partial charge in [0, 0.05) is 0 Å². The Kier molecular flexibility index (Phi) is 2.62. The Morgan fingerprint density at radius 1 is 1.38 bits per heavy atom. The van der Waals surface area contributed by atoms with Crippen LogP contribution in [-0.4, -0.2) is 6.61 Å². The van der Waals surface area contributed by atoms with Gasteiger partial charge < -0.3 is 4.84 Å². The predicted octanol–water partition coefficient (Wildman–Crippen LogP) is 2.00. The summed E-state index contributed by atoms with van der Waals surface area (Å²) < 4.78 is 0. The van der Waals surface area contributed by atoms with Crippen LogP contribution in [0.4, 0.5) is 0 Å². The molecule has 0 saturated heterocycles. The van der Waals surface area contributed by atoms with Gasteiger partial charge in [0.25, 0.3) is 0 Å². The summed E-state index contributed by atoms with van der Waals surface area (Å²) in [4.78, 5) is 4.56. The van der Waals surface area contributed by atoms with Crippen molar-refractivity contribution in [2.45, 2.75) is 25.2 Å². The quantitative estimate of drug-likeness (QED) is 0.714. The minimum Gasteiger partial charge on any atom is -0.304 e. The summed E-state index contributed by atoms with van der Waals surface area (Å²) in [6, 6.07) is 8.74. The van der Waals surface area contributed by atoms with Crippen molar-refractivity contribution >= 4 is 0 Å². The molecule has 1 fully saturated rings. The van der Waals surface area contributed by atoms with Crippen LogP contribution in [0, 0.1) is 0 Å². The SMILES string of the molecule is NOCCc1cccc(C2CC2)c1. The van der Waals surface area contributed by atoms with Gasteiger partial charge in [0.15, 0.2) is 0 Å². The molecule has 2 heteroatoms. The molecule has 2 N–H and O–H groups in total. The van der Waals surface area contributed by atoms with Gasteiger partial charge in [-0.15, -0.1) is 0 Å². The Balaban J connectivity index is 2.03. The van der Waals surface area contributed by atoms with Crippen molar-refractivity contribution in [1.82, 2.24) is 0 Å². The van der Waals surface area contributed by atoms with E-state index in [2.05, 4.69) is 29.1 Å². The topological polar surface area (TPSA) is 35.2 Å². The lowest BCUT2D eigenvalue weighted by Gasteiger charge is -2.02. The molecule has 0 aliphatic heterocycles. The maximum atomic E-state index is 4.99. The fourth-order valence-electron chi connectivity index (χ4n) is 1.60. The average molecular weight is 177 g/mol. The van der Waals surface area contributed by atoms with Crippen molar-refractivity contribution in [3.63, 3.8) is 0 Å². The van der Waals surface area contributed by atoms with E-state index in [4.69, 9.17) is 5.90 Å². The number of nitrogens with two attached hydrogens (primary N) is 1. The first kappa shape index (κ1) is 8.73. The summed E-state index contributed by atoms with van der Waals surface area (Å²) in [5.74, 6) is 5.82. The van der Waals surface area contributed by atoms with Gasteiger partial charge in [0.1, 0.15) is 0 Å². The molecule has 13 heavy (non-hydrogen) atoms. The van der Waals surface area contributed by atoms with E-state index in [1.54, 1.807) is 0 Å². The third kappa shape index (κ3) is 2.29. The zero-order chi connectivity index (χ0) is 9.10. The Bertz CT molecular complexity index is 281. The predicted molar refractivity (Wildman–Crippen MR) is 52.3 cm³/mol. The lowest BCUT2D eigenvalue weighted by atomic mass is 10.1. The largest absolute Gasteiger partial charge is 0.304 e. The number of rotatable bonds is 4. The Morgan fingerprint density at radius 3 is 2.92 bits per heavy atom. The average Bonchev–Trinajstić information content (AvgIpc) is 2.98. The molecule has 0 bridgehead atoms. The molecule has 1 aliphatic carbocycles. The Hall–Kier alpha value is -0.860. The van der Waals surface area contributed by atoms with Gasteiger partial charge in [0.2, 0.25) is 0 Å². The zero-order valence-electron chi connectivity index (χ0n) is 7.70. The van der Waals surface area contributed by atoms with Crippen LogP contribution in [0.3, 0.4) is 0 Å². The van der Waals surface area contributed by atoms with Crippen LogP contribution in [-0.2, 0) is 11.3 Å². The van der Waals surface area contributed by atoms with E-state index < -0.39 is 0 Å². The second-order valence-corrected chi connectivity index (χ2v) is 3.64. The molecule has 0 unspecified atom stereocenters. The van der Waals surface area contributed by atoms with E-state index >= 15 is 0 Å². The second kappa shape index (κ2) is 3.90. The maximum absolute atomic E-state index is 4.99. The molecule has 1 aliphatic rings. The normalized spacial score (nSPS) is 16.1. The van der Waals surface area contributed by atoms with Gasteiger partial charge in [-0.05, 0) is 36.3 Å². The molecule has 0 amide bonds. The number of hydrogen-bond donors (Lipinski definition) is 1. The summed E-state index contributed by atoms with van der Waals surface area (Å²) in [5.41, 5.74) is 2.81. The van der Waals surface area contributed by atoms with E-state index in [-0.39, 0.29) is 0 Å². The van der Waals surface area contributed by atoms with E-state index in [0.717, 1.165) is 12.3 Å². The third-order valence-corrected chi connectivity index (χ3v) is 2.51. The molecule has 2 rings (SSSR count). The van der Waals surface area contributed by atoms with Crippen LogP contribution in [0.1, 0.15) is 29.9 Å². The highest BCUT2D eigenvalue weighted by atomic mass is 16.6. The van der Waals surface area contributed by atoms with Gasteiger partial charge in [-0.25, -0.2) is 5.90 Å². The van der Waals surface area contributed by atoms with E-state index in [1.807, 2.05) is 0 Å². The Labute approximate surface area is 78.7 Å². The smallest absolute Gasteiger partial charge is 0.0719 e. The Morgan fingerprint density at radius 2 is 2.23 bits per heavy atom. The zero-order valence-corrected chi connectivity index (χ0v) is 7.70. The molecule has 0 radical (unpaired) electrons. The van der Waals surface area contributed by atoms with Gasteiger partial charge in [-0.1, -0.05) is 24.3 Å². The van der Waals surface area contributed by atoms with E-state index in [0.29, 0.717) is 6.61 Å². The molecule has 1 aromatic rings. The molecule has 0 heterocycles. The molecule has 1 saturated carbocycles. The molecular weight excluding hydrogens is 162 g/mol. The van der Waals surface area contributed by atoms with Gasteiger partial charge in [-0.3, -0.25) is 0 Å². The molecule has 70 valence electrons. The van der Waals surface area contributed by atoms with Crippen molar-refractivity contribution in [2.24, 2.45) is 5.90 Å². The summed E-state index contributed by atoms with van der Waals surface area (Å²) in [7, 11) is 0. The number of hydrogen-bond acceptors (Lipinski definition) is 2. The first-order valence-electron chi connectivity index (χ1n) is 4.80. The summed E-state index contributed by atoms with van der Waals surface area (Å²) >= 11 is 0. The summed E-state index contributed by atoms with van der Waals surface area (Å²) in [6.45, 7) is 0.605. The fraction of sp³-hybridized carbons (Fsp3) is 0.455. The van der Waals surface area contributed by atoms with Crippen LogP contribution >= 0.6 is 0 Å². The molecule has 0 aromatic heterocycles. The highest BCUT2D eigenvalue weighted by molar-refractivity contribution is 5.29. The lowest BCUT2D eigenvalue weighted by Crippen LogP contribution is -2.03. The van der Waals surface area contributed by atoms with Crippen LogP contribution in [0.2, 0.25) is 0 Å². The van der Waals surface area contributed by atoms with Crippen molar-refractivity contribution < 1.29 is 4.84 Å². The molecule has 1 aromatic carbocycles. The monoisotopic (exact) mass is 177 g/mol. The second-order valence-electron chi connectivity index (χ2n) is 3.64. The minimum atomic E-state index is 0.605. The molecule has 0 atom stereocenters. The highest BCUT2D eigenvalue weighted by Crippen LogP contribution is 2.40. The van der Waals surface area contributed by atoms with Gasteiger partial charge >= 0.3 is 0 Å². The standard InChI is InChI=1S/C11H15NO/c12-13-7-6-9-2-1-3-11(8-9)10-4-5-10/h1-3,8,10H,4-7,12H2. The van der Waals surface area contributed by atoms with Crippen LogP contribution < -0.4 is 5.90 Å². The summed E-state index contributed by atoms with van der Waals surface area (Å²) in [5, 5.41) is 0. The van der Waals surface area contributed by atoms with E-state index in [9.17, 15) is 0 Å². The van der Waals surface area contributed by atoms with Gasteiger partial charge in [-0.2, -0.15) is 0 Å². The highest BCUT2D eigenvalue weighted by Gasteiger charge is 2.23. The van der Waals surface area contributed by atoms with E-state index in [1.165, 1.54) is 24.0 Å². The fourth-order valence-corrected chi connectivity index (χ4v) is 1.60. The summed E-state index contributed by atoms with van der Waals surface area (Å²) in [6.07, 6.45) is 3.63. The molecule has 0 spiro atoms. The minimum absolute atomic E-state index is 0.605. The first-order chi connectivity index (χ1) is 6.40. The van der Waals surface area contributed by atoms with Crippen molar-refractivity contribution in [1.29, 1.82) is 0 Å². The van der Waals surface area contributed by atoms with Crippen LogP contribution in [0.5, 0.6) is 0 Å². The molecule has 2 nitrogen and oxygen atoms in total. The lowest BCUT2D eigenvalue weighted by molar-refractivity contribution is 0.141. The number of benzene rings is 1. The van der Waals surface area contributed by atoms with Crippen LogP contribution in [0.15, 0.2) is 24.3 Å². The van der Waals surface area contributed by atoms with Gasteiger partial charge in [0.05, 0.1) is 6.61 Å². The molecular formula is C11H15NO. The first-order valence-corrected chi connectivity index (χ1v) is 4.80. The van der Waals surface area contributed by atoms with Crippen molar-refractivity contribution in [3.05, 3.63) is 35.4 Å². The maximum Gasteiger partial charge on any atom is 0.0719 e. The van der Waals surface area contributed by atoms with Crippen LogP contribution in [0.25, 0.3) is 0 Å². The third-order valence-electron chi connectivity index (χ3n) is 2.51. The van der Waals surface area contributed by atoms with Crippen molar-refractivity contribution in [2.75, 3.05) is 6.61 Å².